The first kappa shape index (κ1) is 10.5. The van der Waals surface area contributed by atoms with E-state index in [1.807, 2.05) is 0 Å². The van der Waals surface area contributed by atoms with E-state index in [1.54, 1.807) is 6.92 Å². The zero-order chi connectivity index (χ0) is 9.84. The predicted molar refractivity (Wildman–Crippen MR) is 50.5 cm³/mol. The lowest BCUT2D eigenvalue weighted by Crippen LogP contribution is -2.52. The fourth-order valence-corrected chi connectivity index (χ4v) is 1.76. The molecule has 1 saturated carbocycles. The molecular formula is C9H18N2O2. The Hall–Kier alpha value is -0.610. The number of nitrogens with one attached hydrogen (secondary N) is 1. The van der Waals surface area contributed by atoms with Crippen LogP contribution in [0, 0.1) is 0 Å². The van der Waals surface area contributed by atoms with Crippen LogP contribution < -0.4 is 11.1 Å². The lowest BCUT2D eigenvalue weighted by molar-refractivity contribution is -0.139. The molecule has 4 heteroatoms. The molecule has 3 unspecified atom stereocenters. The zero-order valence-electron chi connectivity index (χ0n) is 7.99. The van der Waals surface area contributed by atoms with Gasteiger partial charge in [0.05, 0.1) is 0 Å². The van der Waals surface area contributed by atoms with Gasteiger partial charge in [0, 0.05) is 12.1 Å². The highest BCUT2D eigenvalue weighted by Crippen LogP contribution is 2.17. The summed E-state index contributed by atoms with van der Waals surface area (Å²) in [7, 11) is 0. The minimum atomic E-state index is -0.808. The molecule has 1 aliphatic carbocycles. The highest BCUT2D eigenvalue weighted by Gasteiger charge is 2.24. The van der Waals surface area contributed by atoms with Gasteiger partial charge in [0.15, 0.2) is 0 Å². The Morgan fingerprint density at radius 1 is 1.54 bits per heavy atom. The molecule has 0 aromatic heterocycles. The van der Waals surface area contributed by atoms with Crippen LogP contribution in [0.2, 0.25) is 0 Å². The fourth-order valence-electron chi connectivity index (χ4n) is 1.76. The summed E-state index contributed by atoms with van der Waals surface area (Å²) in [5.74, 6) is -0.808. The molecule has 4 N–H and O–H groups in total. The van der Waals surface area contributed by atoms with Crippen molar-refractivity contribution in [1.29, 1.82) is 0 Å². The smallest absolute Gasteiger partial charge is 0.320 e. The highest BCUT2D eigenvalue weighted by atomic mass is 16.4. The van der Waals surface area contributed by atoms with E-state index >= 15 is 0 Å². The normalized spacial score (nSPS) is 31.2. The van der Waals surface area contributed by atoms with Crippen molar-refractivity contribution in [2.75, 3.05) is 0 Å². The molecule has 1 aliphatic rings. The summed E-state index contributed by atoms with van der Waals surface area (Å²) in [5.41, 5.74) is 5.87. The van der Waals surface area contributed by atoms with E-state index in [2.05, 4.69) is 5.32 Å². The van der Waals surface area contributed by atoms with Gasteiger partial charge < -0.3 is 16.2 Å². The van der Waals surface area contributed by atoms with E-state index in [9.17, 15) is 4.79 Å². The van der Waals surface area contributed by atoms with Gasteiger partial charge in [-0.1, -0.05) is 12.8 Å². The summed E-state index contributed by atoms with van der Waals surface area (Å²) in [6.45, 7) is 1.66. The first-order valence-electron chi connectivity index (χ1n) is 4.85. The molecule has 0 bridgehead atoms. The average molecular weight is 186 g/mol. The Kier molecular flexibility index (Phi) is 3.69. The molecule has 0 radical (unpaired) electrons. The second-order valence-corrected chi connectivity index (χ2v) is 3.78. The summed E-state index contributed by atoms with van der Waals surface area (Å²) < 4.78 is 0. The molecule has 13 heavy (non-hydrogen) atoms. The molecule has 4 nitrogen and oxygen atoms in total. The maximum absolute atomic E-state index is 10.6. The molecule has 1 fully saturated rings. The van der Waals surface area contributed by atoms with Gasteiger partial charge in [0.1, 0.15) is 6.04 Å². The number of carboxylic acids is 1. The van der Waals surface area contributed by atoms with E-state index < -0.39 is 12.0 Å². The second-order valence-electron chi connectivity index (χ2n) is 3.78. The molecule has 0 saturated heterocycles. The molecule has 0 aliphatic heterocycles. The monoisotopic (exact) mass is 186 g/mol. The van der Waals surface area contributed by atoms with Gasteiger partial charge in [0.25, 0.3) is 0 Å². The van der Waals surface area contributed by atoms with Gasteiger partial charge in [-0.2, -0.15) is 0 Å². The number of hydrogen-bond acceptors (Lipinski definition) is 3. The maximum Gasteiger partial charge on any atom is 0.320 e. The van der Waals surface area contributed by atoms with Crippen LogP contribution in [0.5, 0.6) is 0 Å². The Bertz CT molecular complexity index is 184. The number of carbonyl (C=O) groups is 1. The molecular weight excluding hydrogens is 168 g/mol. The van der Waals surface area contributed by atoms with Gasteiger partial charge in [-0.3, -0.25) is 4.79 Å². The van der Waals surface area contributed by atoms with E-state index in [4.69, 9.17) is 10.8 Å². The summed E-state index contributed by atoms with van der Waals surface area (Å²) in [6, 6.07) is -0.190. The standard InChI is InChI=1S/C9H18N2O2/c1-6(9(12)13)11-8-5-3-2-4-7(8)10/h6-8,11H,2-5,10H2,1H3,(H,12,13). The molecule has 3 atom stereocenters. The number of nitrogens with two attached hydrogens (primary N) is 1. The maximum atomic E-state index is 10.6. The van der Waals surface area contributed by atoms with Crippen molar-refractivity contribution in [2.24, 2.45) is 5.73 Å². The molecule has 0 aromatic rings. The first-order valence-corrected chi connectivity index (χ1v) is 4.85. The molecule has 0 heterocycles. The Morgan fingerprint density at radius 3 is 2.69 bits per heavy atom. The summed E-state index contributed by atoms with van der Waals surface area (Å²) in [6.07, 6.45) is 4.32. The SMILES string of the molecule is CC(NC1CCCCC1N)C(=O)O. The third-order valence-electron chi connectivity index (χ3n) is 2.65. The lowest BCUT2D eigenvalue weighted by atomic mass is 9.90. The van der Waals surface area contributed by atoms with Crippen molar-refractivity contribution >= 4 is 5.97 Å². The molecule has 0 spiro atoms. The van der Waals surface area contributed by atoms with Crippen LogP contribution >= 0.6 is 0 Å². The topological polar surface area (TPSA) is 75.3 Å². The van der Waals surface area contributed by atoms with Gasteiger partial charge in [-0.05, 0) is 19.8 Å². The molecule has 1 rings (SSSR count). The van der Waals surface area contributed by atoms with Crippen molar-refractivity contribution in [3.05, 3.63) is 0 Å². The predicted octanol–water partition coefficient (Wildman–Crippen LogP) is 0.319. The van der Waals surface area contributed by atoms with Crippen LogP contribution in [0.4, 0.5) is 0 Å². The van der Waals surface area contributed by atoms with Crippen LogP contribution in [0.25, 0.3) is 0 Å². The highest BCUT2D eigenvalue weighted by molar-refractivity contribution is 5.72. The number of aliphatic carboxylic acids is 1. The Balaban J connectivity index is 2.37. The largest absolute Gasteiger partial charge is 0.480 e. The summed E-state index contributed by atoms with van der Waals surface area (Å²) in [4.78, 5) is 10.6. The zero-order valence-corrected chi connectivity index (χ0v) is 7.99. The van der Waals surface area contributed by atoms with E-state index in [0.29, 0.717) is 0 Å². The molecule has 76 valence electrons. The van der Waals surface area contributed by atoms with Crippen molar-refractivity contribution in [3.63, 3.8) is 0 Å². The third kappa shape index (κ3) is 2.97. The van der Waals surface area contributed by atoms with Gasteiger partial charge in [-0.15, -0.1) is 0 Å². The lowest BCUT2D eigenvalue weighted by Gasteiger charge is -2.30. The van der Waals surface area contributed by atoms with Crippen LogP contribution in [-0.4, -0.2) is 29.2 Å². The quantitative estimate of drug-likeness (QED) is 0.593. The van der Waals surface area contributed by atoms with Gasteiger partial charge in [0.2, 0.25) is 0 Å². The third-order valence-corrected chi connectivity index (χ3v) is 2.65. The van der Waals surface area contributed by atoms with Crippen molar-refractivity contribution in [3.8, 4) is 0 Å². The number of carboxylic acid groups (broad SMARTS) is 1. The van der Waals surface area contributed by atoms with Gasteiger partial charge in [-0.25, -0.2) is 0 Å². The van der Waals surface area contributed by atoms with Crippen LogP contribution in [0.15, 0.2) is 0 Å². The van der Waals surface area contributed by atoms with E-state index in [-0.39, 0.29) is 12.1 Å². The number of hydrogen-bond donors (Lipinski definition) is 3. The minimum Gasteiger partial charge on any atom is -0.480 e. The summed E-state index contributed by atoms with van der Waals surface area (Å²) in [5, 5.41) is 11.7. The first-order chi connectivity index (χ1) is 6.11. The van der Waals surface area contributed by atoms with Crippen molar-refractivity contribution < 1.29 is 9.90 Å². The van der Waals surface area contributed by atoms with Crippen molar-refractivity contribution in [1.82, 2.24) is 5.32 Å². The van der Waals surface area contributed by atoms with Crippen molar-refractivity contribution in [2.45, 2.75) is 50.7 Å². The van der Waals surface area contributed by atoms with Crippen LogP contribution in [0.1, 0.15) is 32.6 Å². The summed E-state index contributed by atoms with van der Waals surface area (Å²) >= 11 is 0. The van der Waals surface area contributed by atoms with Crippen LogP contribution in [0.3, 0.4) is 0 Å². The Labute approximate surface area is 78.5 Å². The average Bonchev–Trinajstić information content (AvgIpc) is 2.08. The second kappa shape index (κ2) is 4.58. The van der Waals surface area contributed by atoms with E-state index in [1.165, 1.54) is 6.42 Å². The van der Waals surface area contributed by atoms with E-state index in [0.717, 1.165) is 19.3 Å². The van der Waals surface area contributed by atoms with Crippen LogP contribution in [-0.2, 0) is 4.79 Å². The number of rotatable bonds is 3. The Morgan fingerprint density at radius 2 is 2.15 bits per heavy atom. The molecule has 0 aromatic carbocycles. The van der Waals surface area contributed by atoms with Gasteiger partial charge >= 0.3 is 5.97 Å². The molecule has 0 amide bonds. The minimum absolute atomic E-state index is 0.121. The fraction of sp³-hybridized carbons (Fsp3) is 0.889.